The van der Waals surface area contributed by atoms with Gasteiger partial charge < -0.3 is 15.9 Å². The van der Waals surface area contributed by atoms with Gasteiger partial charge in [0.2, 0.25) is 0 Å². The molecule has 0 radical (unpaired) electrons. The second-order valence-electron chi connectivity index (χ2n) is 4.50. The molecule has 0 bridgehead atoms. The quantitative estimate of drug-likeness (QED) is 0.685. The maximum atomic E-state index is 10.9. The van der Waals surface area contributed by atoms with Crippen molar-refractivity contribution < 1.29 is 15.0 Å². The molecule has 0 aliphatic rings. The van der Waals surface area contributed by atoms with Gasteiger partial charge in [0.25, 0.3) is 0 Å². The molecule has 0 spiro atoms. The second-order valence-corrected chi connectivity index (χ2v) is 6.70. The van der Waals surface area contributed by atoms with Crippen molar-refractivity contribution in [2.24, 2.45) is 5.73 Å². The number of nitrogens with two attached hydrogens (primary N) is 1. The van der Waals surface area contributed by atoms with E-state index in [0.717, 1.165) is 33.9 Å². The number of unbranched alkanes of at least 4 members (excludes halogenated alkanes) is 1. The lowest BCUT2D eigenvalue weighted by molar-refractivity contribution is 0.0702. The van der Waals surface area contributed by atoms with E-state index in [1.807, 2.05) is 18.2 Å². The Hall–Kier alpha value is -1.21. The van der Waals surface area contributed by atoms with Gasteiger partial charge in [-0.1, -0.05) is 0 Å². The van der Waals surface area contributed by atoms with Crippen LogP contribution in [0.3, 0.4) is 0 Å². The van der Waals surface area contributed by atoms with Crippen LogP contribution in [-0.2, 0) is 0 Å². The average molecular weight is 311 g/mol. The third-order valence-corrected chi connectivity index (χ3v) is 5.46. The van der Waals surface area contributed by atoms with Crippen molar-refractivity contribution in [1.29, 1.82) is 0 Å². The first-order valence-electron chi connectivity index (χ1n) is 6.41. The fourth-order valence-corrected chi connectivity index (χ4v) is 3.87. The number of thiophene rings is 2. The predicted octanol–water partition coefficient (Wildman–Crippen LogP) is 3.34. The van der Waals surface area contributed by atoms with Crippen molar-refractivity contribution in [2.45, 2.75) is 25.3 Å². The summed E-state index contributed by atoms with van der Waals surface area (Å²) in [5.74, 6) is -0.890. The highest BCUT2D eigenvalue weighted by molar-refractivity contribution is 7.23. The van der Waals surface area contributed by atoms with Crippen LogP contribution in [0.25, 0.3) is 9.75 Å². The first kappa shape index (κ1) is 15.2. The molecule has 0 aliphatic carbocycles. The molecule has 0 amide bonds. The van der Waals surface area contributed by atoms with Crippen molar-refractivity contribution in [3.05, 3.63) is 34.0 Å². The van der Waals surface area contributed by atoms with E-state index in [9.17, 15) is 4.79 Å². The Morgan fingerprint density at radius 1 is 1.15 bits per heavy atom. The van der Waals surface area contributed by atoms with E-state index in [0.29, 0.717) is 4.88 Å². The number of carboxylic acid groups (broad SMARTS) is 1. The maximum absolute atomic E-state index is 10.9. The first-order valence-corrected chi connectivity index (χ1v) is 8.05. The lowest BCUT2D eigenvalue weighted by Gasteiger charge is -2.08. The summed E-state index contributed by atoms with van der Waals surface area (Å²) in [4.78, 5) is 14.3. The monoisotopic (exact) mass is 311 g/mol. The van der Waals surface area contributed by atoms with Gasteiger partial charge in [-0.25, -0.2) is 4.79 Å². The Kier molecular flexibility index (Phi) is 5.31. The van der Waals surface area contributed by atoms with Crippen LogP contribution in [0.1, 0.15) is 39.9 Å². The van der Waals surface area contributed by atoms with Crippen LogP contribution in [0.5, 0.6) is 0 Å². The van der Waals surface area contributed by atoms with Gasteiger partial charge in [0.05, 0.1) is 0 Å². The van der Waals surface area contributed by atoms with Crippen molar-refractivity contribution in [2.75, 3.05) is 6.61 Å². The van der Waals surface area contributed by atoms with Crippen LogP contribution in [0, 0.1) is 0 Å². The summed E-state index contributed by atoms with van der Waals surface area (Å²) in [6.07, 6.45) is 2.54. The topological polar surface area (TPSA) is 83.5 Å². The van der Waals surface area contributed by atoms with Gasteiger partial charge in [-0.2, -0.15) is 0 Å². The number of aliphatic hydroxyl groups is 1. The normalized spacial score (nSPS) is 12.5. The van der Waals surface area contributed by atoms with Crippen LogP contribution < -0.4 is 5.73 Å². The Bertz CT molecular complexity index is 576. The number of carbonyl (C=O) groups is 1. The van der Waals surface area contributed by atoms with Crippen molar-refractivity contribution in [3.8, 4) is 9.75 Å². The SMILES string of the molecule is N[C@H](CCCCO)c1ccc(-c2ccc(C(=O)O)s2)s1. The predicted molar refractivity (Wildman–Crippen MR) is 82.5 cm³/mol. The number of aliphatic hydroxyl groups excluding tert-OH is 1. The van der Waals surface area contributed by atoms with E-state index in [2.05, 4.69) is 0 Å². The molecule has 0 unspecified atom stereocenters. The minimum absolute atomic E-state index is 0.0146. The zero-order valence-electron chi connectivity index (χ0n) is 10.9. The Morgan fingerprint density at radius 2 is 1.85 bits per heavy atom. The molecule has 6 heteroatoms. The van der Waals surface area contributed by atoms with Crippen molar-refractivity contribution in [3.63, 3.8) is 0 Å². The molecule has 2 aromatic rings. The van der Waals surface area contributed by atoms with E-state index >= 15 is 0 Å². The van der Waals surface area contributed by atoms with Crippen LogP contribution in [0.15, 0.2) is 24.3 Å². The van der Waals surface area contributed by atoms with E-state index in [1.54, 1.807) is 17.4 Å². The third kappa shape index (κ3) is 3.67. The highest BCUT2D eigenvalue weighted by Crippen LogP contribution is 2.36. The summed E-state index contributed by atoms with van der Waals surface area (Å²) in [6, 6.07) is 7.44. The maximum Gasteiger partial charge on any atom is 0.345 e. The smallest absolute Gasteiger partial charge is 0.345 e. The van der Waals surface area contributed by atoms with Gasteiger partial charge >= 0.3 is 5.97 Å². The molecule has 1 atom stereocenters. The summed E-state index contributed by atoms with van der Waals surface area (Å²) in [5, 5.41) is 17.7. The lowest BCUT2D eigenvalue weighted by Crippen LogP contribution is -2.08. The van der Waals surface area contributed by atoms with Crippen LogP contribution in [0.4, 0.5) is 0 Å². The highest BCUT2D eigenvalue weighted by atomic mass is 32.1. The molecular formula is C14H17NO3S2. The summed E-state index contributed by atoms with van der Waals surface area (Å²) >= 11 is 2.88. The number of aromatic carboxylic acids is 1. The van der Waals surface area contributed by atoms with Gasteiger partial charge in [0.1, 0.15) is 4.88 Å². The molecule has 4 N–H and O–H groups in total. The molecule has 0 fully saturated rings. The second kappa shape index (κ2) is 6.99. The number of hydrogen-bond donors (Lipinski definition) is 3. The fourth-order valence-electron chi connectivity index (χ4n) is 1.89. The molecule has 0 aromatic carbocycles. The Balaban J connectivity index is 2.05. The number of rotatable bonds is 7. The minimum Gasteiger partial charge on any atom is -0.477 e. The standard InChI is InChI=1S/C14H17NO3S2/c15-9(3-1-2-8-16)10-4-5-11(19-10)12-6-7-13(20-12)14(17)18/h4-7,9,16H,1-3,8,15H2,(H,17,18)/t9-/m1/s1. The number of hydrogen-bond acceptors (Lipinski definition) is 5. The van der Waals surface area contributed by atoms with E-state index in [1.165, 1.54) is 11.3 Å². The molecular weight excluding hydrogens is 294 g/mol. The molecule has 20 heavy (non-hydrogen) atoms. The van der Waals surface area contributed by atoms with E-state index in [4.69, 9.17) is 15.9 Å². The molecule has 0 saturated carbocycles. The summed E-state index contributed by atoms with van der Waals surface area (Å²) in [6.45, 7) is 0.204. The summed E-state index contributed by atoms with van der Waals surface area (Å²) in [5.41, 5.74) is 6.12. The van der Waals surface area contributed by atoms with Gasteiger partial charge in [-0.15, -0.1) is 22.7 Å². The average Bonchev–Trinajstić information content (AvgIpc) is 3.07. The Labute approximate surface area is 125 Å². The molecule has 2 heterocycles. The van der Waals surface area contributed by atoms with Gasteiger partial charge in [0, 0.05) is 27.3 Å². The molecule has 2 rings (SSSR count). The minimum atomic E-state index is -0.890. The van der Waals surface area contributed by atoms with Crippen molar-refractivity contribution >= 4 is 28.6 Å². The van der Waals surface area contributed by atoms with Crippen LogP contribution >= 0.6 is 22.7 Å². The highest BCUT2D eigenvalue weighted by Gasteiger charge is 2.13. The van der Waals surface area contributed by atoms with E-state index < -0.39 is 5.97 Å². The molecule has 2 aromatic heterocycles. The van der Waals surface area contributed by atoms with Crippen molar-refractivity contribution in [1.82, 2.24) is 0 Å². The summed E-state index contributed by atoms with van der Waals surface area (Å²) in [7, 11) is 0. The molecule has 4 nitrogen and oxygen atoms in total. The molecule has 108 valence electrons. The Morgan fingerprint density at radius 3 is 2.50 bits per heavy atom. The van der Waals surface area contributed by atoms with Crippen LogP contribution in [-0.4, -0.2) is 22.8 Å². The fraction of sp³-hybridized carbons (Fsp3) is 0.357. The summed E-state index contributed by atoms with van der Waals surface area (Å²) < 4.78 is 0. The van der Waals surface area contributed by atoms with Crippen LogP contribution in [0.2, 0.25) is 0 Å². The zero-order valence-corrected chi connectivity index (χ0v) is 12.5. The third-order valence-electron chi connectivity index (χ3n) is 2.98. The van der Waals surface area contributed by atoms with Gasteiger partial charge in [0.15, 0.2) is 0 Å². The first-order chi connectivity index (χ1) is 9.61. The molecule has 0 aliphatic heterocycles. The zero-order chi connectivity index (χ0) is 14.5. The lowest BCUT2D eigenvalue weighted by atomic mass is 10.1. The largest absolute Gasteiger partial charge is 0.477 e. The van der Waals surface area contributed by atoms with E-state index in [-0.39, 0.29) is 12.6 Å². The van der Waals surface area contributed by atoms with Gasteiger partial charge in [-0.3, -0.25) is 0 Å². The van der Waals surface area contributed by atoms with Gasteiger partial charge in [-0.05, 0) is 43.5 Å². The number of carboxylic acids is 1. The molecule has 0 saturated heterocycles.